The molecule has 0 saturated carbocycles. The van der Waals surface area contributed by atoms with Crippen LogP contribution in [-0.4, -0.2) is 37.5 Å². The van der Waals surface area contributed by atoms with Crippen LogP contribution < -0.4 is 20.3 Å². The average molecular weight is 624 g/mol. The highest BCUT2D eigenvalue weighted by Crippen LogP contribution is 2.23. The first-order chi connectivity index (χ1) is 17.4. The Hall–Kier alpha value is -2.72. The maximum absolute atomic E-state index is 12.1. The van der Waals surface area contributed by atoms with E-state index in [1.165, 1.54) is 12.4 Å². The summed E-state index contributed by atoms with van der Waals surface area (Å²) in [6, 6.07) is 11.2. The molecule has 0 aromatic heterocycles. The van der Waals surface area contributed by atoms with E-state index < -0.39 is 0 Å². The highest BCUT2D eigenvalue weighted by Gasteiger charge is 2.07. The number of hydrogen-bond acceptors (Lipinski definition) is 6. The molecule has 36 heavy (non-hydrogen) atoms. The van der Waals surface area contributed by atoms with Crippen molar-refractivity contribution in [1.82, 2.24) is 10.9 Å². The van der Waals surface area contributed by atoms with Crippen LogP contribution in [0.15, 0.2) is 55.5 Å². The number of benzene rings is 2. The maximum atomic E-state index is 12.1. The zero-order valence-corrected chi connectivity index (χ0v) is 23.7. The minimum atomic E-state index is -0.382. The minimum absolute atomic E-state index is 0.0285. The molecule has 0 heterocycles. The Labute approximate surface area is 229 Å². The quantitative estimate of drug-likeness (QED) is 0.145. The third-order valence-corrected chi connectivity index (χ3v) is 5.81. The van der Waals surface area contributed by atoms with Crippen molar-refractivity contribution in [3.8, 4) is 11.5 Å². The highest BCUT2D eigenvalue weighted by atomic mass is 79.9. The van der Waals surface area contributed by atoms with Gasteiger partial charge in [0, 0.05) is 32.9 Å². The number of nitrogens with zero attached hydrogens (tertiary/aromatic N) is 2. The van der Waals surface area contributed by atoms with E-state index in [1.807, 2.05) is 36.4 Å². The lowest BCUT2D eigenvalue weighted by Gasteiger charge is -2.09. The van der Waals surface area contributed by atoms with Gasteiger partial charge in [-0.25, -0.2) is 10.9 Å². The molecule has 0 bridgehead atoms. The van der Waals surface area contributed by atoms with Crippen molar-refractivity contribution >= 4 is 56.1 Å². The topological polar surface area (TPSA) is 101 Å². The molecule has 0 saturated heterocycles. The largest absolute Gasteiger partial charge is 0.493 e. The van der Waals surface area contributed by atoms with Crippen LogP contribution in [0.1, 0.15) is 63.5 Å². The van der Waals surface area contributed by atoms with E-state index in [2.05, 4.69) is 66.8 Å². The smallest absolute Gasteiger partial charge is 0.240 e. The molecule has 0 aliphatic rings. The number of rotatable bonds is 15. The fraction of sp³-hybridized carbons (Fsp3) is 0.385. The van der Waals surface area contributed by atoms with E-state index in [0.29, 0.717) is 24.7 Å². The Morgan fingerprint density at radius 2 is 1.19 bits per heavy atom. The van der Waals surface area contributed by atoms with Crippen LogP contribution in [0.3, 0.4) is 0 Å². The summed E-state index contributed by atoms with van der Waals surface area (Å²) in [5.41, 5.74) is 6.35. The van der Waals surface area contributed by atoms with Crippen LogP contribution in [0.25, 0.3) is 0 Å². The SMILES string of the molecule is CCCCOc1ccc(Br)cc1C=NNC(=O)CCC(=O)NN=Cc1cc(Br)ccc1OCCCC. The third kappa shape index (κ3) is 11.3. The Morgan fingerprint density at radius 1 is 0.778 bits per heavy atom. The first-order valence-electron chi connectivity index (χ1n) is 11.9. The van der Waals surface area contributed by atoms with Crippen LogP contribution in [0, 0.1) is 0 Å². The van der Waals surface area contributed by atoms with Gasteiger partial charge in [-0.2, -0.15) is 10.2 Å². The van der Waals surface area contributed by atoms with Crippen molar-refractivity contribution < 1.29 is 19.1 Å². The number of halogens is 2. The first kappa shape index (κ1) is 29.5. The third-order valence-electron chi connectivity index (χ3n) is 4.82. The first-order valence-corrected chi connectivity index (χ1v) is 13.5. The molecule has 10 heteroatoms. The predicted molar refractivity (Wildman–Crippen MR) is 150 cm³/mol. The Bertz CT molecular complexity index is 977. The molecular formula is C26H32Br2N4O4. The number of unbranched alkanes of at least 4 members (excludes halogenated alkanes) is 2. The van der Waals surface area contributed by atoms with E-state index in [4.69, 9.17) is 9.47 Å². The fourth-order valence-corrected chi connectivity index (χ4v) is 3.60. The van der Waals surface area contributed by atoms with Crippen LogP contribution in [0.4, 0.5) is 0 Å². The van der Waals surface area contributed by atoms with Gasteiger partial charge in [-0.3, -0.25) is 9.59 Å². The molecule has 2 aromatic carbocycles. The Morgan fingerprint density at radius 3 is 1.58 bits per heavy atom. The van der Waals surface area contributed by atoms with Gasteiger partial charge in [-0.05, 0) is 49.2 Å². The molecule has 0 fully saturated rings. The summed E-state index contributed by atoms with van der Waals surface area (Å²) >= 11 is 6.85. The minimum Gasteiger partial charge on any atom is -0.493 e. The van der Waals surface area contributed by atoms with E-state index in [-0.39, 0.29) is 24.7 Å². The van der Waals surface area contributed by atoms with Gasteiger partial charge >= 0.3 is 0 Å². The van der Waals surface area contributed by atoms with Gasteiger partial charge in [0.15, 0.2) is 0 Å². The molecule has 0 atom stereocenters. The number of ether oxygens (including phenoxy) is 2. The molecule has 0 aliphatic heterocycles. The number of carbonyl (C=O) groups is 2. The van der Waals surface area contributed by atoms with Gasteiger partial charge in [-0.1, -0.05) is 58.5 Å². The lowest BCUT2D eigenvalue weighted by molar-refractivity contribution is -0.126. The number of hydrogen-bond donors (Lipinski definition) is 2. The molecule has 2 N–H and O–H groups in total. The maximum Gasteiger partial charge on any atom is 0.240 e. The van der Waals surface area contributed by atoms with E-state index in [9.17, 15) is 9.59 Å². The van der Waals surface area contributed by atoms with Gasteiger partial charge in [-0.15, -0.1) is 0 Å². The van der Waals surface area contributed by atoms with Crippen LogP contribution >= 0.6 is 31.9 Å². The molecule has 2 aromatic rings. The molecule has 2 amide bonds. The number of carbonyl (C=O) groups excluding carboxylic acids is 2. The Balaban J connectivity index is 1.81. The zero-order chi connectivity index (χ0) is 26.2. The van der Waals surface area contributed by atoms with E-state index in [0.717, 1.165) is 45.8 Å². The summed E-state index contributed by atoms with van der Waals surface area (Å²) in [6.45, 7) is 5.41. The van der Waals surface area contributed by atoms with Gasteiger partial charge in [0.2, 0.25) is 11.8 Å². The van der Waals surface area contributed by atoms with Crippen LogP contribution in [-0.2, 0) is 9.59 Å². The summed E-state index contributed by atoms with van der Waals surface area (Å²) < 4.78 is 13.3. The normalized spacial score (nSPS) is 11.1. The van der Waals surface area contributed by atoms with Crippen molar-refractivity contribution in [2.24, 2.45) is 10.2 Å². The van der Waals surface area contributed by atoms with Gasteiger partial charge in [0.1, 0.15) is 11.5 Å². The lowest BCUT2D eigenvalue weighted by Crippen LogP contribution is -2.23. The molecule has 8 nitrogen and oxygen atoms in total. The summed E-state index contributed by atoms with van der Waals surface area (Å²) in [5.74, 6) is 0.609. The predicted octanol–water partition coefficient (Wildman–Crippen LogP) is 5.95. The second kappa shape index (κ2) is 16.9. The zero-order valence-electron chi connectivity index (χ0n) is 20.6. The lowest BCUT2D eigenvalue weighted by atomic mass is 10.2. The van der Waals surface area contributed by atoms with Gasteiger partial charge < -0.3 is 9.47 Å². The second-order valence-electron chi connectivity index (χ2n) is 7.85. The van der Waals surface area contributed by atoms with Crippen molar-refractivity contribution in [3.63, 3.8) is 0 Å². The van der Waals surface area contributed by atoms with Crippen molar-refractivity contribution in [1.29, 1.82) is 0 Å². The Kier molecular flexibility index (Phi) is 13.8. The molecule has 0 aliphatic carbocycles. The van der Waals surface area contributed by atoms with Crippen LogP contribution in [0.5, 0.6) is 11.5 Å². The van der Waals surface area contributed by atoms with Crippen LogP contribution in [0.2, 0.25) is 0 Å². The van der Waals surface area contributed by atoms with E-state index >= 15 is 0 Å². The highest BCUT2D eigenvalue weighted by molar-refractivity contribution is 9.10. The number of nitrogens with one attached hydrogen (secondary N) is 2. The monoisotopic (exact) mass is 622 g/mol. The van der Waals surface area contributed by atoms with Gasteiger partial charge in [0.25, 0.3) is 0 Å². The second-order valence-corrected chi connectivity index (χ2v) is 9.69. The molecule has 0 radical (unpaired) electrons. The summed E-state index contributed by atoms with van der Waals surface area (Å²) in [7, 11) is 0. The number of amides is 2. The molecule has 0 spiro atoms. The number of hydrazone groups is 2. The summed E-state index contributed by atoms with van der Waals surface area (Å²) in [5, 5.41) is 7.99. The van der Waals surface area contributed by atoms with Gasteiger partial charge in [0.05, 0.1) is 25.6 Å². The van der Waals surface area contributed by atoms with E-state index in [1.54, 1.807) is 0 Å². The molecule has 2 rings (SSSR count). The summed E-state index contributed by atoms with van der Waals surface area (Å²) in [6.07, 6.45) is 6.96. The van der Waals surface area contributed by atoms with Crippen molar-refractivity contribution in [2.75, 3.05) is 13.2 Å². The summed E-state index contributed by atoms with van der Waals surface area (Å²) in [4.78, 5) is 24.2. The molecule has 194 valence electrons. The standard InChI is InChI=1S/C26H32Br2N4O4/c1-3-5-13-35-23-9-7-21(27)15-19(23)17-29-31-25(33)11-12-26(34)32-30-18-20-16-22(28)8-10-24(20)36-14-6-4-2/h7-10,15-18H,3-6,11-14H2,1-2H3,(H,31,33)(H,32,34). The van der Waals surface area contributed by atoms with Crippen molar-refractivity contribution in [3.05, 3.63) is 56.5 Å². The average Bonchev–Trinajstić information content (AvgIpc) is 2.85. The molecular weight excluding hydrogens is 592 g/mol. The van der Waals surface area contributed by atoms with Crippen molar-refractivity contribution in [2.45, 2.75) is 52.4 Å². The fourth-order valence-electron chi connectivity index (χ4n) is 2.84. The molecule has 0 unspecified atom stereocenters.